The van der Waals surface area contributed by atoms with Crippen LogP contribution in [0.2, 0.25) is 0 Å². The highest BCUT2D eigenvalue weighted by Crippen LogP contribution is 2.56. The Morgan fingerprint density at radius 3 is 1.39 bits per heavy atom. The summed E-state index contributed by atoms with van der Waals surface area (Å²) in [6.07, 6.45) is 13.6. The van der Waals surface area contributed by atoms with Crippen molar-refractivity contribution in [3.05, 3.63) is 0 Å². The third-order valence-electron chi connectivity index (χ3n) is 9.03. The third-order valence-corrected chi connectivity index (χ3v) is 10.2. The van der Waals surface area contributed by atoms with Gasteiger partial charge in [0.05, 0.1) is 0 Å². The van der Waals surface area contributed by atoms with Crippen molar-refractivity contribution in [3.63, 3.8) is 0 Å². The summed E-state index contributed by atoms with van der Waals surface area (Å²) in [5.41, 5.74) is -0.489. The van der Waals surface area contributed by atoms with E-state index >= 15 is 0 Å². The van der Waals surface area contributed by atoms with Crippen molar-refractivity contribution in [3.8, 4) is 0 Å². The van der Waals surface area contributed by atoms with Crippen molar-refractivity contribution in [2.75, 3.05) is 0 Å². The average Bonchev–Trinajstić information content (AvgIpc) is 2.49. The second-order valence-electron chi connectivity index (χ2n) is 11.6. The van der Waals surface area contributed by atoms with Crippen molar-refractivity contribution in [1.82, 2.24) is 14.8 Å². The molecule has 0 radical (unpaired) electrons. The van der Waals surface area contributed by atoms with Gasteiger partial charge in [0, 0.05) is 11.1 Å². The van der Waals surface area contributed by atoms with Crippen LogP contribution < -0.4 is 14.8 Å². The van der Waals surface area contributed by atoms with Gasteiger partial charge in [-0.2, -0.15) is 13.1 Å². The number of urea groups is 1. The fourth-order valence-electron chi connectivity index (χ4n) is 9.20. The standard InChI is InChI=1S/C21H33N3O3S/c25-19(22-20-7-13-1-14(8-20)3-15(2-13)9-20)23-28(26,27)24-21-10-16-4-17(11-21)6-18(5-16)12-21/h13-18,24H,1-12H2,(H2,22,23,25). The molecule has 7 heteroatoms. The normalized spacial score (nSPS) is 50.7. The molecule has 8 aliphatic rings. The van der Waals surface area contributed by atoms with E-state index in [1.54, 1.807) is 0 Å². The van der Waals surface area contributed by atoms with E-state index in [1.165, 1.54) is 38.5 Å². The number of hydrogen-bond donors (Lipinski definition) is 3. The molecule has 8 saturated carbocycles. The first kappa shape index (κ1) is 18.0. The molecule has 0 atom stereocenters. The molecular weight excluding hydrogens is 374 g/mol. The second-order valence-corrected chi connectivity index (χ2v) is 13.0. The smallest absolute Gasteiger partial charge is 0.329 e. The number of rotatable bonds is 4. The topological polar surface area (TPSA) is 87.3 Å². The molecule has 6 nitrogen and oxygen atoms in total. The Bertz CT molecular complexity index is 722. The summed E-state index contributed by atoms with van der Waals surface area (Å²) in [7, 11) is -3.84. The van der Waals surface area contributed by atoms with Crippen LogP contribution in [-0.4, -0.2) is 25.5 Å². The molecule has 28 heavy (non-hydrogen) atoms. The molecule has 0 saturated heterocycles. The van der Waals surface area contributed by atoms with Crippen LogP contribution in [-0.2, 0) is 10.2 Å². The van der Waals surface area contributed by atoms with E-state index in [-0.39, 0.29) is 11.1 Å². The van der Waals surface area contributed by atoms with Gasteiger partial charge in [0.1, 0.15) is 0 Å². The third kappa shape index (κ3) is 3.08. The fraction of sp³-hybridized carbons (Fsp3) is 0.952. The molecule has 0 aromatic rings. The maximum atomic E-state index is 12.8. The molecule has 0 aliphatic heterocycles. The van der Waals surface area contributed by atoms with E-state index in [4.69, 9.17) is 0 Å². The molecule has 2 amide bonds. The van der Waals surface area contributed by atoms with Gasteiger partial charge in [-0.15, -0.1) is 0 Å². The highest BCUT2D eigenvalue weighted by molar-refractivity contribution is 7.88. The predicted octanol–water partition coefficient (Wildman–Crippen LogP) is 3.06. The van der Waals surface area contributed by atoms with Gasteiger partial charge in [-0.25, -0.2) is 9.52 Å². The molecule has 0 aromatic heterocycles. The molecule has 156 valence electrons. The van der Waals surface area contributed by atoms with Crippen molar-refractivity contribution in [2.24, 2.45) is 35.5 Å². The first-order valence-electron chi connectivity index (χ1n) is 11.4. The quantitative estimate of drug-likeness (QED) is 0.669. The van der Waals surface area contributed by atoms with Crippen LogP contribution in [0.5, 0.6) is 0 Å². The minimum atomic E-state index is -3.84. The molecular formula is C21H33N3O3S. The largest absolute Gasteiger partial charge is 0.332 e. The second kappa shape index (κ2) is 5.87. The zero-order valence-electron chi connectivity index (χ0n) is 16.6. The summed E-state index contributed by atoms with van der Waals surface area (Å²) in [6, 6.07) is -0.529. The number of carbonyl (C=O) groups is 1. The Labute approximate surface area is 168 Å². The molecule has 0 spiro atoms. The number of hydrogen-bond acceptors (Lipinski definition) is 3. The minimum absolute atomic E-state index is 0.172. The Morgan fingerprint density at radius 1 is 0.643 bits per heavy atom. The maximum absolute atomic E-state index is 12.8. The van der Waals surface area contributed by atoms with Gasteiger partial charge in [-0.05, 0) is 113 Å². The lowest BCUT2D eigenvalue weighted by atomic mass is 9.53. The fourth-order valence-corrected chi connectivity index (χ4v) is 10.4. The summed E-state index contributed by atoms with van der Waals surface area (Å²) < 4.78 is 30.9. The molecule has 3 N–H and O–H groups in total. The first-order valence-corrected chi connectivity index (χ1v) is 12.9. The van der Waals surface area contributed by atoms with E-state index in [0.717, 1.165) is 38.5 Å². The molecule has 8 bridgehead atoms. The van der Waals surface area contributed by atoms with Crippen LogP contribution >= 0.6 is 0 Å². The summed E-state index contributed by atoms with van der Waals surface area (Å²) in [5.74, 6) is 4.13. The molecule has 8 aliphatic carbocycles. The summed E-state index contributed by atoms with van der Waals surface area (Å²) in [6.45, 7) is 0. The van der Waals surface area contributed by atoms with Crippen LogP contribution in [0, 0.1) is 35.5 Å². The van der Waals surface area contributed by atoms with E-state index in [2.05, 4.69) is 14.8 Å². The van der Waals surface area contributed by atoms with Gasteiger partial charge in [0.15, 0.2) is 0 Å². The monoisotopic (exact) mass is 407 g/mol. The van der Waals surface area contributed by atoms with Gasteiger partial charge < -0.3 is 5.32 Å². The first-order chi connectivity index (χ1) is 13.3. The Morgan fingerprint density at radius 2 is 1.00 bits per heavy atom. The molecule has 0 unspecified atom stereocenters. The van der Waals surface area contributed by atoms with Gasteiger partial charge in [-0.1, -0.05) is 0 Å². The molecule has 0 heterocycles. The molecule has 0 aromatic carbocycles. The molecule has 8 rings (SSSR count). The van der Waals surface area contributed by atoms with Crippen molar-refractivity contribution >= 4 is 16.2 Å². The maximum Gasteiger partial charge on any atom is 0.329 e. The highest BCUT2D eigenvalue weighted by Gasteiger charge is 2.54. The van der Waals surface area contributed by atoms with Crippen LogP contribution in [0.1, 0.15) is 77.0 Å². The van der Waals surface area contributed by atoms with Gasteiger partial charge in [-0.3, -0.25) is 0 Å². The lowest BCUT2D eigenvalue weighted by Crippen LogP contribution is -2.65. The number of carbonyl (C=O) groups excluding carboxylic acids is 1. The Kier molecular flexibility index (Phi) is 3.77. The zero-order chi connectivity index (χ0) is 19.1. The zero-order valence-corrected chi connectivity index (χ0v) is 17.4. The average molecular weight is 408 g/mol. The van der Waals surface area contributed by atoms with Gasteiger partial charge >= 0.3 is 16.2 Å². The SMILES string of the molecule is O=C(NC12CC3CC(CC(C3)C1)C2)NS(=O)(=O)NC12CC3CC(CC(C3)C1)C2. The molecule has 8 fully saturated rings. The Balaban J connectivity index is 1.12. The van der Waals surface area contributed by atoms with Crippen LogP contribution in [0.3, 0.4) is 0 Å². The van der Waals surface area contributed by atoms with Crippen molar-refractivity contribution < 1.29 is 13.2 Å². The summed E-state index contributed by atoms with van der Waals surface area (Å²) >= 11 is 0. The lowest BCUT2D eigenvalue weighted by molar-refractivity contribution is -0.0133. The summed E-state index contributed by atoms with van der Waals surface area (Å²) in [5, 5.41) is 3.12. The lowest BCUT2D eigenvalue weighted by Gasteiger charge is -2.57. The van der Waals surface area contributed by atoms with Gasteiger partial charge in [0.2, 0.25) is 0 Å². The minimum Gasteiger partial charge on any atom is -0.332 e. The van der Waals surface area contributed by atoms with E-state index in [1.807, 2.05) is 0 Å². The summed E-state index contributed by atoms with van der Waals surface area (Å²) in [4.78, 5) is 12.7. The van der Waals surface area contributed by atoms with Crippen LogP contribution in [0.4, 0.5) is 4.79 Å². The van der Waals surface area contributed by atoms with Gasteiger partial charge in [0.25, 0.3) is 0 Å². The van der Waals surface area contributed by atoms with Crippen LogP contribution in [0.25, 0.3) is 0 Å². The van der Waals surface area contributed by atoms with E-state index in [9.17, 15) is 13.2 Å². The Hall–Kier alpha value is -0.820. The predicted molar refractivity (Wildman–Crippen MR) is 106 cm³/mol. The van der Waals surface area contributed by atoms with Crippen molar-refractivity contribution in [2.45, 2.75) is 88.1 Å². The van der Waals surface area contributed by atoms with Crippen LogP contribution in [0.15, 0.2) is 0 Å². The number of amides is 2. The highest BCUT2D eigenvalue weighted by atomic mass is 32.2. The van der Waals surface area contributed by atoms with E-state index < -0.39 is 16.2 Å². The number of nitrogens with one attached hydrogen (secondary N) is 3. The van der Waals surface area contributed by atoms with Crippen molar-refractivity contribution in [1.29, 1.82) is 0 Å². The van der Waals surface area contributed by atoms with E-state index in [0.29, 0.717) is 35.5 Å².